The van der Waals surface area contributed by atoms with Crippen molar-refractivity contribution in [1.29, 1.82) is 0 Å². The average molecular weight is 290 g/mol. The summed E-state index contributed by atoms with van der Waals surface area (Å²) in [5.74, 6) is 1.09. The molecule has 0 bridgehead atoms. The molecule has 0 saturated heterocycles. The van der Waals surface area contributed by atoms with Gasteiger partial charge in [-0.2, -0.15) is 0 Å². The van der Waals surface area contributed by atoms with Crippen LogP contribution < -0.4 is 3.79 Å². The van der Waals surface area contributed by atoms with Crippen molar-refractivity contribution < 1.29 is 3.79 Å². The lowest BCUT2D eigenvalue weighted by atomic mass is 10.2. The van der Waals surface area contributed by atoms with Crippen LogP contribution in [0.1, 0.15) is 65.2 Å². The average Bonchev–Trinajstić information content (AvgIpc) is 2.49. The molecule has 0 atom stereocenters. The van der Waals surface area contributed by atoms with Gasteiger partial charge in [-0.25, -0.2) is 0 Å². The Hall–Kier alpha value is -0.448. The predicted molar refractivity (Wildman–Crippen MR) is 90.7 cm³/mol. The van der Waals surface area contributed by atoms with Gasteiger partial charge in [0.1, 0.15) is 0 Å². The predicted octanol–water partition coefficient (Wildman–Crippen LogP) is 6.22. The summed E-state index contributed by atoms with van der Waals surface area (Å²) < 4.78 is 6.31. The third kappa shape index (κ3) is 8.67. The monoisotopic (exact) mass is 290 g/mol. The van der Waals surface area contributed by atoms with E-state index in [0.717, 1.165) is 5.75 Å². The van der Waals surface area contributed by atoms with Gasteiger partial charge in [-0.3, -0.25) is 0 Å². The summed E-state index contributed by atoms with van der Waals surface area (Å²) in [7, 11) is 0. The van der Waals surface area contributed by atoms with Crippen LogP contribution in [0.3, 0.4) is 0 Å². The summed E-state index contributed by atoms with van der Waals surface area (Å²) in [6, 6.07) is 10.4. The molecule has 0 saturated carbocycles. The fraction of sp³-hybridized carbons (Fsp3) is 0.667. The molecule has 2 heteroatoms. The molecule has 0 fully saturated rings. The fourth-order valence-corrected chi connectivity index (χ4v) is 5.11. The molecule has 1 rings (SSSR count). The second-order valence-electron chi connectivity index (χ2n) is 5.75. The first-order valence-corrected chi connectivity index (χ1v) is 10.7. The number of benzene rings is 1. The van der Waals surface area contributed by atoms with Crippen LogP contribution in [0.25, 0.3) is 0 Å². The fourth-order valence-electron chi connectivity index (χ4n) is 2.55. The molecule has 0 radical (unpaired) electrons. The lowest BCUT2D eigenvalue weighted by Gasteiger charge is -2.15. The van der Waals surface area contributed by atoms with Gasteiger partial charge < -0.3 is 3.79 Å². The first kappa shape index (κ1) is 17.6. The molecule has 1 aromatic carbocycles. The lowest BCUT2D eigenvalue weighted by Crippen LogP contribution is -2.21. The molecule has 0 unspecified atom stereocenters. The summed E-state index contributed by atoms with van der Waals surface area (Å²) in [6.07, 6.45) is 10.9. The van der Waals surface area contributed by atoms with E-state index >= 15 is 0 Å². The molecule has 112 valence electrons. The van der Waals surface area contributed by atoms with Gasteiger partial charge in [-0.05, 0) is 12.1 Å². The summed E-state index contributed by atoms with van der Waals surface area (Å²) in [4.78, 5) is 0. The Balaban J connectivity index is 2.33. The normalized spacial score (nSPS) is 10.5. The highest BCUT2D eigenvalue weighted by Gasteiger charge is 2.22. The topological polar surface area (TPSA) is 9.23 Å². The van der Waals surface area contributed by atoms with E-state index < -0.39 is 14.5 Å². The molecule has 0 aliphatic carbocycles. The number of unbranched alkanes of at least 4 members (excludes halogenated alkanes) is 6. The van der Waals surface area contributed by atoms with Gasteiger partial charge in [-0.15, -0.1) is 0 Å². The van der Waals surface area contributed by atoms with Crippen LogP contribution in [-0.4, -0.2) is 14.5 Å². The largest absolute Gasteiger partial charge is 0.643 e. The molecular formula is C18H31AlO. The van der Waals surface area contributed by atoms with Crippen LogP contribution in [-0.2, 0) is 0 Å². The number of para-hydroxylation sites is 1. The molecule has 0 N–H and O–H groups in total. The first-order chi connectivity index (χ1) is 9.86. The van der Waals surface area contributed by atoms with Gasteiger partial charge in [0, 0.05) is 0 Å². The van der Waals surface area contributed by atoms with E-state index in [9.17, 15) is 0 Å². The zero-order valence-corrected chi connectivity index (χ0v) is 14.6. The van der Waals surface area contributed by atoms with Crippen LogP contribution in [0.15, 0.2) is 30.3 Å². The molecule has 0 aliphatic rings. The van der Waals surface area contributed by atoms with Crippen molar-refractivity contribution in [3.63, 3.8) is 0 Å². The van der Waals surface area contributed by atoms with Crippen molar-refractivity contribution in [3.8, 4) is 5.75 Å². The highest BCUT2D eigenvalue weighted by Crippen LogP contribution is 2.18. The van der Waals surface area contributed by atoms with Crippen LogP contribution in [0.2, 0.25) is 10.6 Å². The highest BCUT2D eigenvalue weighted by molar-refractivity contribution is 6.52. The van der Waals surface area contributed by atoms with Gasteiger partial charge in [0.2, 0.25) is 0 Å². The van der Waals surface area contributed by atoms with Crippen molar-refractivity contribution in [2.75, 3.05) is 0 Å². The molecule has 1 nitrogen and oxygen atoms in total. The van der Waals surface area contributed by atoms with Gasteiger partial charge in [0.15, 0.2) is 0 Å². The minimum Gasteiger partial charge on any atom is -0.643 e. The van der Waals surface area contributed by atoms with Crippen LogP contribution in [0.5, 0.6) is 5.75 Å². The van der Waals surface area contributed by atoms with Crippen molar-refractivity contribution in [2.24, 2.45) is 0 Å². The van der Waals surface area contributed by atoms with E-state index in [0.29, 0.717) is 0 Å². The standard InChI is InChI=1S/C6H6O.2C6H13.Al/c7-6-4-2-1-3-5-6;2*1-3-5-6-4-2;/h1-5,7H;2*1,3-6H2,2H3;/q;;;+1/p-1. The number of hydrogen-bond acceptors (Lipinski definition) is 1. The minimum absolute atomic E-state index is 1.05. The van der Waals surface area contributed by atoms with Crippen molar-refractivity contribution in [3.05, 3.63) is 30.3 Å². The maximum atomic E-state index is 6.31. The maximum absolute atomic E-state index is 6.31. The Labute approximate surface area is 130 Å². The molecule has 0 spiro atoms. The maximum Gasteiger partial charge on any atom is 0.546 e. The molecular weight excluding hydrogens is 259 g/mol. The van der Waals surface area contributed by atoms with E-state index in [1.807, 2.05) is 0 Å². The zero-order chi connectivity index (χ0) is 14.5. The Bertz CT molecular complexity index is 300. The molecule has 0 amide bonds. The van der Waals surface area contributed by atoms with E-state index in [4.69, 9.17) is 3.79 Å². The van der Waals surface area contributed by atoms with E-state index in [1.54, 1.807) is 0 Å². The molecule has 0 heterocycles. The summed E-state index contributed by atoms with van der Waals surface area (Å²) in [5.41, 5.74) is 0. The minimum atomic E-state index is -1.05. The van der Waals surface area contributed by atoms with Crippen LogP contribution >= 0.6 is 0 Å². The smallest absolute Gasteiger partial charge is 0.546 e. The van der Waals surface area contributed by atoms with Gasteiger partial charge >= 0.3 is 14.5 Å². The summed E-state index contributed by atoms with van der Waals surface area (Å²) in [6.45, 7) is 4.56. The summed E-state index contributed by atoms with van der Waals surface area (Å²) in [5, 5.41) is 2.70. The lowest BCUT2D eigenvalue weighted by molar-refractivity contribution is 0.545. The third-order valence-electron chi connectivity index (χ3n) is 3.81. The Morgan fingerprint density at radius 1 is 0.750 bits per heavy atom. The molecule has 0 aromatic heterocycles. The van der Waals surface area contributed by atoms with E-state index in [2.05, 4.69) is 44.2 Å². The number of rotatable bonds is 12. The SMILES string of the molecule is CCCCC[CH2][Al]([CH2]CCCCC)[O]c1ccccc1. The van der Waals surface area contributed by atoms with Crippen LogP contribution in [0.4, 0.5) is 0 Å². The van der Waals surface area contributed by atoms with Crippen molar-refractivity contribution >= 4 is 14.5 Å². The Kier molecular flexibility index (Phi) is 10.8. The van der Waals surface area contributed by atoms with E-state index in [1.165, 1.54) is 61.9 Å². The quantitative estimate of drug-likeness (QED) is 0.328. The Morgan fingerprint density at radius 3 is 1.80 bits per heavy atom. The van der Waals surface area contributed by atoms with Gasteiger partial charge in [-0.1, -0.05) is 94.0 Å². The second-order valence-corrected chi connectivity index (χ2v) is 8.39. The molecule has 20 heavy (non-hydrogen) atoms. The zero-order valence-electron chi connectivity index (χ0n) is 13.4. The van der Waals surface area contributed by atoms with Gasteiger partial charge in [0.05, 0.1) is 5.75 Å². The second kappa shape index (κ2) is 12.3. The van der Waals surface area contributed by atoms with Crippen molar-refractivity contribution in [2.45, 2.75) is 75.8 Å². The van der Waals surface area contributed by atoms with Crippen molar-refractivity contribution in [1.82, 2.24) is 0 Å². The molecule has 1 aromatic rings. The van der Waals surface area contributed by atoms with E-state index in [-0.39, 0.29) is 0 Å². The number of hydrogen-bond donors (Lipinski definition) is 0. The highest BCUT2D eigenvalue weighted by atomic mass is 27.2. The first-order valence-electron chi connectivity index (χ1n) is 8.58. The third-order valence-corrected chi connectivity index (χ3v) is 6.52. The van der Waals surface area contributed by atoms with Gasteiger partial charge in [0.25, 0.3) is 0 Å². The summed E-state index contributed by atoms with van der Waals surface area (Å²) >= 11 is -1.05. The van der Waals surface area contributed by atoms with Crippen LogP contribution in [0, 0.1) is 0 Å². The Morgan fingerprint density at radius 2 is 1.30 bits per heavy atom. The molecule has 0 aliphatic heterocycles.